The number of anilines is 1. The highest BCUT2D eigenvalue weighted by Gasteiger charge is 2.07. The molecule has 0 saturated heterocycles. The number of nitrogens with one attached hydrogen (secondary N) is 2. The van der Waals surface area contributed by atoms with Crippen LogP contribution in [0.2, 0.25) is 0 Å². The van der Waals surface area contributed by atoms with Crippen molar-refractivity contribution >= 4 is 23.5 Å². The molecule has 1 aromatic rings. The molecule has 0 fully saturated rings. The van der Waals surface area contributed by atoms with E-state index in [4.69, 9.17) is 47.7 Å². The third-order valence-corrected chi connectivity index (χ3v) is 6.40. The molecule has 0 radical (unpaired) electrons. The largest absolute Gasteiger partial charge is 0.481 e. The van der Waals surface area contributed by atoms with Gasteiger partial charge in [0, 0.05) is 31.8 Å². The van der Waals surface area contributed by atoms with Gasteiger partial charge in [-0.1, -0.05) is 13.3 Å². The minimum Gasteiger partial charge on any atom is -0.481 e. The van der Waals surface area contributed by atoms with E-state index in [-0.39, 0.29) is 31.3 Å². The number of benzene rings is 1. The van der Waals surface area contributed by atoms with Crippen molar-refractivity contribution in [2.24, 2.45) is 0 Å². The Morgan fingerprint density at radius 2 is 0.980 bits per heavy atom. The van der Waals surface area contributed by atoms with Gasteiger partial charge in [-0.3, -0.25) is 9.59 Å². The average Bonchev–Trinajstić information content (AvgIpc) is 3.10. The summed E-state index contributed by atoms with van der Waals surface area (Å²) in [5, 5.41) is 14.5. The summed E-state index contributed by atoms with van der Waals surface area (Å²) in [7, 11) is 0. The number of hydrogen-bond acceptors (Lipinski definition) is 13. The van der Waals surface area contributed by atoms with Crippen LogP contribution in [-0.4, -0.2) is 148 Å². The first-order valence-corrected chi connectivity index (χ1v) is 17.1. The lowest BCUT2D eigenvalue weighted by Crippen LogP contribution is -2.25. The Labute approximate surface area is 290 Å². The molecule has 0 saturated carbocycles. The van der Waals surface area contributed by atoms with E-state index in [9.17, 15) is 14.4 Å². The molecular weight excluding hydrogens is 644 g/mol. The molecule has 1 rings (SSSR count). The molecule has 49 heavy (non-hydrogen) atoms. The van der Waals surface area contributed by atoms with Gasteiger partial charge in [-0.15, -0.1) is 0 Å². The minimum absolute atomic E-state index is 0.0136. The van der Waals surface area contributed by atoms with Crippen LogP contribution in [0, 0.1) is 0 Å². The zero-order valence-electron chi connectivity index (χ0n) is 29.1. The lowest BCUT2D eigenvalue weighted by molar-refractivity contribution is -0.138. The lowest BCUT2D eigenvalue weighted by Gasteiger charge is -2.09. The van der Waals surface area contributed by atoms with E-state index < -0.39 is 5.97 Å². The number of unbranched alkanes of at least 4 members (excludes halogenated alkanes) is 1. The molecule has 0 aliphatic carbocycles. The van der Waals surface area contributed by atoms with Gasteiger partial charge in [0.25, 0.3) is 0 Å². The number of rotatable bonds is 36. The minimum atomic E-state index is -0.985. The van der Waals surface area contributed by atoms with Gasteiger partial charge in [0.15, 0.2) is 0 Å². The van der Waals surface area contributed by atoms with E-state index in [1.807, 2.05) is 12.1 Å². The summed E-state index contributed by atoms with van der Waals surface area (Å²) in [6.07, 6.45) is 2.70. The van der Waals surface area contributed by atoms with Gasteiger partial charge in [-0.25, -0.2) is 4.79 Å². The highest BCUT2D eigenvalue weighted by molar-refractivity contribution is 5.89. The van der Waals surface area contributed by atoms with Crippen LogP contribution < -0.4 is 10.6 Å². The standard InChI is InChI=1S/C34H58N2O13/c1-2-3-11-35-31-7-5-30(6-8-31)34(40)49-29-28-48-27-26-47-25-24-46-23-22-45-21-20-44-19-18-43-17-16-42-15-14-41-13-4-12-36-32(37)9-10-33(38)39/h5-8,35H,2-4,9-29H2,1H3,(H,36,37)(H,38,39). The summed E-state index contributed by atoms with van der Waals surface area (Å²) in [4.78, 5) is 33.9. The number of carboxylic acids is 1. The Morgan fingerprint density at radius 1 is 0.551 bits per heavy atom. The molecule has 0 heterocycles. The number of aliphatic carboxylic acids is 1. The number of esters is 1. The summed E-state index contributed by atoms with van der Waals surface area (Å²) in [6.45, 7) is 10.8. The Hall–Kier alpha value is -2.89. The number of carbonyl (C=O) groups excluding carboxylic acids is 2. The Kier molecular flexibility index (Phi) is 30.3. The molecule has 15 nitrogen and oxygen atoms in total. The van der Waals surface area contributed by atoms with Gasteiger partial charge in [0.05, 0.1) is 111 Å². The monoisotopic (exact) mass is 702 g/mol. The summed E-state index contributed by atoms with van der Waals surface area (Å²) < 4.78 is 48.8. The van der Waals surface area contributed by atoms with Crippen LogP contribution in [0.25, 0.3) is 0 Å². The fourth-order valence-electron chi connectivity index (χ4n) is 3.76. The molecule has 0 atom stereocenters. The Morgan fingerprint density at radius 3 is 1.41 bits per heavy atom. The summed E-state index contributed by atoms with van der Waals surface area (Å²) >= 11 is 0. The van der Waals surface area contributed by atoms with Gasteiger partial charge in [0.2, 0.25) is 5.91 Å². The molecule has 3 N–H and O–H groups in total. The first-order valence-electron chi connectivity index (χ1n) is 17.1. The molecule has 0 aliphatic rings. The number of ether oxygens (including phenoxy) is 9. The van der Waals surface area contributed by atoms with Gasteiger partial charge in [-0.2, -0.15) is 0 Å². The second-order valence-electron chi connectivity index (χ2n) is 10.5. The first kappa shape index (κ1) is 44.1. The van der Waals surface area contributed by atoms with Gasteiger partial charge >= 0.3 is 11.9 Å². The summed E-state index contributed by atoms with van der Waals surface area (Å²) in [6, 6.07) is 7.26. The van der Waals surface area contributed by atoms with Crippen molar-refractivity contribution in [1.29, 1.82) is 0 Å². The second-order valence-corrected chi connectivity index (χ2v) is 10.5. The quantitative estimate of drug-likeness (QED) is 0.0686. The van der Waals surface area contributed by atoms with Crippen molar-refractivity contribution in [3.8, 4) is 0 Å². The van der Waals surface area contributed by atoms with E-state index in [0.29, 0.717) is 124 Å². The average molecular weight is 703 g/mol. The van der Waals surface area contributed by atoms with Crippen LogP contribution in [0.5, 0.6) is 0 Å². The van der Waals surface area contributed by atoms with Gasteiger partial charge in [-0.05, 0) is 37.1 Å². The highest BCUT2D eigenvalue weighted by atomic mass is 16.6. The maximum absolute atomic E-state index is 12.1. The number of carboxylic acid groups (broad SMARTS) is 1. The van der Waals surface area contributed by atoms with Crippen LogP contribution in [0.3, 0.4) is 0 Å². The summed E-state index contributed by atoms with van der Waals surface area (Å²) in [5.74, 6) is -1.63. The number of carbonyl (C=O) groups is 3. The zero-order chi connectivity index (χ0) is 35.5. The number of amides is 1. The molecule has 0 aliphatic heterocycles. The summed E-state index contributed by atoms with van der Waals surface area (Å²) in [5.41, 5.74) is 1.50. The van der Waals surface area contributed by atoms with Crippen molar-refractivity contribution < 1.29 is 62.1 Å². The van der Waals surface area contributed by atoms with Crippen LogP contribution in [-0.2, 0) is 52.2 Å². The van der Waals surface area contributed by atoms with E-state index in [1.54, 1.807) is 12.1 Å². The van der Waals surface area contributed by atoms with Crippen LogP contribution in [0.4, 0.5) is 5.69 Å². The fourth-order valence-corrected chi connectivity index (χ4v) is 3.76. The smallest absolute Gasteiger partial charge is 0.338 e. The maximum Gasteiger partial charge on any atom is 0.338 e. The van der Waals surface area contributed by atoms with Gasteiger partial charge < -0.3 is 58.4 Å². The van der Waals surface area contributed by atoms with Crippen molar-refractivity contribution in [2.45, 2.75) is 39.0 Å². The van der Waals surface area contributed by atoms with Crippen LogP contribution in [0.1, 0.15) is 49.4 Å². The van der Waals surface area contributed by atoms with E-state index in [0.717, 1.165) is 25.1 Å². The topological polar surface area (TPSA) is 179 Å². The molecular formula is C34H58N2O13. The normalized spacial score (nSPS) is 11.0. The third-order valence-electron chi connectivity index (χ3n) is 6.40. The second kappa shape index (κ2) is 33.6. The van der Waals surface area contributed by atoms with Crippen molar-refractivity contribution in [3.63, 3.8) is 0 Å². The molecule has 1 aromatic carbocycles. The lowest BCUT2D eigenvalue weighted by atomic mass is 10.2. The van der Waals surface area contributed by atoms with Crippen molar-refractivity contribution in [1.82, 2.24) is 5.32 Å². The van der Waals surface area contributed by atoms with E-state index in [1.165, 1.54) is 0 Å². The molecule has 0 spiro atoms. The van der Waals surface area contributed by atoms with Gasteiger partial charge in [0.1, 0.15) is 6.61 Å². The molecule has 282 valence electrons. The van der Waals surface area contributed by atoms with E-state index >= 15 is 0 Å². The Bertz CT molecular complexity index is 937. The predicted molar refractivity (Wildman–Crippen MR) is 181 cm³/mol. The molecule has 15 heteroatoms. The molecule has 0 unspecified atom stereocenters. The highest BCUT2D eigenvalue weighted by Crippen LogP contribution is 2.11. The van der Waals surface area contributed by atoms with E-state index in [2.05, 4.69) is 17.6 Å². The molecule has 1 amide bonds. The SMILES string of the molecule is CCCCNc1ccc(C(=O)OCCOCCOCCOCCOCCOCCOCCOCCOCCCNC(=O)CCC(=O)O)cc1. The molecule has 0 aromatic heterocycles. The number of hydrogen-bond donors (Lipinski definition) is 3. The Balaban J connectivity index is 1.72. The maximum atomic E-state index is 12.1. The first-order chi connectivity index (χ1) is 24.0. The fraction of sp³-hybridized carbons (Fsp3) is 0.735. The van der Waals surface area contributed by atoms with Crippen LogP contribution in [0.15, 0.2) is 24.3 Å². The zero-order valence-corrected chi connectivity index (χ0v) is 29.1. The molecule has 0 bridgehead atoms. The third kappa shape index (κ3) is 29.7. The van der Waals surface area contributed by atoms with Crippen molar-refractivity contribution in [3.05, 3.63) is 29.8 Å². The van der Waals surface area contributed by atoms with Crippen molar-refractivity contribution in [2.75, 3.05) is 131 Å². The predicted octanol–water partition coefficient (Wildman–Crippen LogP) is 2.56. The van der Waals surface area contributed by atoms with Crippen LogP contribution >= 0.6 is 0 Å².